The molecule has 0 aromatic heterocycles. The van der Waals surface area contributed by atoms with E-state index in [1.165, 1.54) is 6.08 Å². The molecule has 0 saturated heterocycles. The molecule has 0 aliphatic heterocycles. The van der Waals surface area contributed by atoms with Crippen molar-refractivity contribution in [2.45, 2.75) is 12.8 Å². The lowest BCUT2D eigenvalue weighted by atomic mass is 10.3. The molecule has 0 aromatic rings. The summed E-state index contributed by atoms with van der Waals surface area (Å²) < 4.78 is 19.2. The molecule has 1 atom stereocenters. The summed E-state index contributed by atoms with van der Waals surface area (Å²) in [5.41, 5.74) is 0. The number of aliphatic carboxylic acids is 1. The van der Waals surface area contributed by atoms with Crippen molar-refractivity contribution in [3.05, 3.63) is 12.7 Å². The molecule has 1 unspecified atom stereocenters. The molecule has 7 nitrogen and oxygen atoms in total. The molecule has 0 radical (unpaired) electrons. The number of phosphoric ester groups is 1. The summed E-state index contributed by atoms with van der Waals surface area (Å²) in [5, 5.41) is 8.22. The fourth-order valence-electron chi connectivity index (χ4n) is 0.557. The van der Waals surface area contributed by atoms with Gasteiger partial charge in [0.1, 0.15) is 0 Å². The summed E-state index contributed by atoms with van der Waals surface area (Å²) in [5.74, 6) is -2.31. The van der Waals surface area contributed by atoms with Gasteiger partial charge < -0.3 is 9.63 Å². The molecule has 2 N–H and O–H groups in total. The van der Waals surface area contributed by atoms with Gasteiger partial charge in [-0.05, 0) is 0 Å². The zero-order valence-electron chi connectivity index (χ0n) is 7.79. The average Bonchev–Trinajstić information content (AvgIpc) is 2.11. The average molecular weight is 238 g/mol. The first kappa shape index (κ1) is 13.8. The minimum Gasteiger partial charge on any atom is -0.481 e. The van der Waals surface area contributed by atoms with Crippen molar-refractivity contribution in [2.24, 2.45) is 0 Å². The van der Waals surface area contributed by atoms with E-state index in [1.807, 2.05) is 0 Å². The molecule has 8 heteroatoms. The van der Waals surface area contributed by atoms with Crippen LogP contribution < -0.4 is 0 Å². The van der Waals surface area contributed by atoms with Gasteiger partial charge in [0.2, 0.25) is 0 Å². The lowest BCUT2D eigenvalue weighted by Crippen LogP contribution is -2.07. The maximum atomic E-state index is 10.9. The van der Waals surface area contributed by atoms with Crippen molar-refractivity contribution in [3.8, 4) is 0 Å². The summed E-state index contributed by atoms with van der Waals surface area (Å²) in [6.45, 7) is 2.98. The molecule has 0 bridgehead atoms. The van der Waals surface area contributed by atoms with Crippen LogP contribution in [0.3, 0.4) is 0 Å². The third kappa shape index (κ3) is 7.87. The van der Waals surface area contributed by atoms with Crippen LogP contribution >= 0.6 is 7.82 Å². The highest BCUT2D eigenvalue weighted by molar-refractivity contribution is 7.48. The van der Waals surface area contributed by atoms with Crippen LogP contribution in [0.1, 0.15) is 12.8 Å². The number of hydrogen-bond acceptors (Lipinski definition) is 5. The fourth-order valence-corrected chi connectivity index (χ4v) is 1.25. The summed E-state index contributed by atoms with van der Waals surface area (Å²) in [7, 11) is -4.44. The monoisotopic (exact) mass is 238 g/mol. The Kier molecular flexibility index (Phi) is 5.84. The highest BCUT2D eigenvalue weighted by Gasteiger charge is 2.25. The molecule has 0 saturated carbocycles. The number of carbonyl (C=O) groups excluding carboxylic acids is 1. The van der Waals surface area contributed by atoms with Gasteiger partial charge in [0.05, 0.1) is 19.4 Å². The van der Waals surface area contributed by atoms with E-state index in [2.05, 4.69) is 15.6 Å². The number of hydrogen-bond donors (Lipinski definition) is 2. The van der Waals surface area contributed by atoms with E-state index in [0.717, 1.165) is 0 Å². The zero-order chi connectivity index (χ0) is 11.9. The first-order chi connectivity index (χ1) is 6.87. The molecule has 0 amide bonds. The van der Waals surface area contributed by atoms with Gasteiger partial charge in [-0.15, -0.1) is 6.58 Å². The zero-order valence-corrected chi connectivity index (χ0v) is 8.68. The van der Waals surface area contributed by atoms with E-state index < -0.39 is 32.6 Å². The largest absolute Gasteiger partial charge is 0.529 e. The van der Waals surface area contributed by atoms with Crippen LogP contribution in [0.4, 0.5) is 0 Å². The lowest BCUT2D eigenvalue weighted by Gasteiger charge is -2.09. The first-order valence-electron chi connectivity index (χ1n) is 3.90. The molecule has 15 heavy (non-hydrogen) atoms. The van der Waals surface area contributed by atoms with Crippen molar-refractivity contribution in [2.75, 3.05) is 6.61 Å². The van der Waals surface area contributed by atoms with Crippen molar-refractivity contribution >= 4 is 19.8 Å². The Hall–Kier alpha value is -1.17. The minimum atomic E-state index is -4.44. The van der Waals surface area contributed by atoms with Crippen LogP contribution in [-0.2, 0) is 23.2 Å². The fraction of sp³-hybridized carbons (Fsp3) is 0.429. The Balaban J connectivity index is 3.98. The van der Waals surface area contributed by atoms with Gasteiger partial charge >= 0.3 is 19.8 Å². The Morgan fingerprint density at radius 3 is 2.47 bits per heavy atom. The molecule has 0 spiro atoms. The molecule has 86 valence electrons. The number of carbonyl (C=O) groups is 2. The number of carboxylic acids is 1. The Morgan fingerprint density at radius 2 is 2.00 bits per heavy atom. The number of carboxylic acid groups (broad SMARTS) is 1. The highest BCUT2D eigenvalue weighted by Crippen LogP contribution is 2.43. The predicted octanol–water partition coefficient (Wildman–Crippen LogP) is 0.697. The maximum absolute atomic E-state index is 10.9. The summed E-state index contributed by atoms with van der Waals surface area (Å²) in [6.07, 6.45) is 0.242. The summed E-state index contributed by atoms with van der Waals surface area (Å²) >= 11 is 0. The van der Waals surface area contributed by atoms with Crippen molar-refractivity contribution in [1.82, 2.24) is 0 Å². The van der Waals surface area contributed by atoms with E-state index in [1.54, 1.807) is 0 Å². The quantitative estimate of drug-likeness (QED) is 0.496. The Labute approximate surface area is 85.9 Å². The van der Waals surface area contributed by atoms with Crippen molar-refractivity contribution < 1.29 is 33.2 Å². The van der Waals surface area contributed by atoms with Crippen LogP contribution in [-0.4, -0.2) is 28.5 Å². The van der Waals surface area contributed by atoms with Crippen LogP contribution in [0.25, 0.3) is 0 Å². The molecule has 0 aromatic carbocycles. The third-order valence-electron chi connectivity index (χ3n) is 1.12. The van der Waals surface area contributed by atoms with Crippen LogP contribution in [0.5, 0.6) is 0 Å². The molecular formula is C7H11O7P. The second-order valence-corrected chi connectivity index (χ2v) is 3.79. The topological polar surface area (TPSA) is 110 Å². The summed E-state index contributed by atoms with van der Waals surface area (Å²) in [6, 6.07) is 0. The molecule has 0 rings (SSSR count). The maximum Gasteiger partial charge on any atom is 0.529 e. The van der Waals surface area contributed by atoms with Gasteiger partial charge in [-0.3, -0.25) is 19.0 Å². The molecule has 0 aliphatic carbocycles. The van der Waals surface area contributed by atoms with Crippen molar-refractivity contribution in [3.63, 3.8) is 0 Å². The van der Waals surface area contributed by atoms with Gasteiger partial charge in [-0.25, -0.2) is 4.57 Å². The molecule has 0 heterocycles. The smallest absolute Gasteiger partial charge is 0.481 e. The molecule has 0 aliphatic rings. The normalized spacial score (nSPS) is 13.9. The van der Waals surface area contributed by atoms with E-state index in [-0.39, 0.29) is 6.61 Å². The minimum absolute atomic E-state index is 0.250. The van der Waals surface area contributed by atoms with Crippen LogP contribution in [0.2, 0.25) is 0 Å². The van der Waals surface area contributed by atoms with E-state index in [0.29, 0.717) is 0 Å². The van der Waals surface area contributed by atoms with E-state index in [9.17, 15) is 14.2 Å². The molecule has 0 fully saturated rings. The second-order valence-electron chi connectivity index (χ2n) is 2.41. The van der Waals surface area contributed by atoms with Gasteiger partial charge in [0, 0.05) is 0 Å². The van der Waals surface area contributed by atoms with E-state index >= 15 is 0 Å². The van der Waals surface area contributed by atoms with Gasteiger partial charge in [0.25, 0.3) is 0 Å². The van der Waals surface area contributed by atoms with Gasteiger partial charge in [-0.1, -0.05) is 6.08 Å². The highest BCUT2D eigenvalue weighted by atomic mass is 31.2. The lowest BCUT2D eigenvalue weighted by molar-refractivity contribution is -0.143. The first-order valence-corrected chi connectivity index (χ1v) is 5.39. The van der Waals surface area contributed by atoms with E-state index in [4.69, 9.17) is 10.00 Å². The third-order valence-corrected chi connectivity index (χ3v) is 2.03. The van der Waals surface area contributed by atoms with Gasteiger partial charge in [-0.2, -0.15) is 0 Å². The van der Waals surface area contributed by atoms with Crippen molar-refractivity contribution in [1.29, 1.82) is 0 Å². The van der Waals surface area contributed by atoms with Crippen LogP contribution in [0.15, 0.2) is 12.7 Å². The van der Waals surface area contributed by atoms with Crippen LogP contribution in [0, 0.1) is 0 Å². The molecular weight excluding hydrogens is 227 g/mol. The summed E-state index contributed by atoms with van der Waals surface area (Å²) in [4.78, 5) is 29.7. The Morgan fingerprint density at radius 1 is 1.40 bits per heavy atom. The predicted molar refractivity (Wildman–Crippen MR) is 48.9 cm³/mol. The number of phosphoric acid groups is 1. The second kappa shape index (κ2) is 6.34. The van der Waals surface area contributed by atoms with Gasteiger partial charge in [0.15, 0.2) is 0 Å². The number of rotatable bonds is 7. The standard InChI is InChI=1S/C7H11O7P/c1-2-5-13-15(11,12)14-7(10)4-3-6(8)9/h2H,1,3-5H2,(H,8,9)(H,11,12). The Bertz CT molecular complexity index is 298. The SMILES string of the molecule is C=CCOP(=O)(O)OC(=O)CCC(=O)O.